The molecule has 0 saturated heterocycles. The number of carbonyl (C=O) groups is 1. The molecule has 0 bridgehead atoms. The standard InChI is InChI=1S/C13H13ClO2/c14-12-3-1-10(2-4-12)13-6-8-16-7-5-11(13)9-15/h1-4,9H,5-8H2. The number of aldehydes is 1. The predicted molar refractivity (Wildman–Crippen MR) is 64.5 cm³/mol. The van der Waals surface area contributed by atoms with Crippen molar-refractivity contribution in [3.8, 4) is 0 Å². The number of halogens is 1. The lowest BCUT2D eigenvalue weighted by molar-refractivity contribution is -0.105. The maximum Gasteiger partial charge on any atom is 0.146 e. The van der Waals surface area contributed by atoms with E-state index < -0.39 is 0 Å². The second kappa shape index (κ2) is 5.28. The smallest absolute Gasteiger partial charge is 0.146 e. The lowest BCUT2D eigenvalue weighted by atomic mass is 9.97. The quantitative estimate of drug-likeness (QED) is 0.738. The molecular weight excluding hydrogens is 224 g/mol. The minimum absolute atomic E-state index is 0.630. The largest absolute Gasteiger partial charge is 0.381 e. The first-order valence-corrected chi connectivity index (χ1v) is 5.70. The van der Waals surface area contributed by atoms with Gasteiger partial charge >= 0.3 is 0 Å². The van der Waals surface area contributed by atoms with Crippen LogP contribution in [0.15, 0.2) is 29.8 Å². The van der Waals surface area contributed by atoms with Crippen LogP contribution in [-0.2, 0) is 9.53 Å². The van der Waals surface area contributed by atoms with Crippen molar-refractivity contribution >= 4 is 23.5 Å². The molecule has 0 spiro atoms. The van der Waals surface area contributed by atoms with E-state index in [2.05, 4.69) is 0 Å². The molecule has 0 amide bonds. The first-order chi connectivity index (χ1) is 7.81. The molecule has 1 aromatic carbocycles. The van der Waals surface area contributed by atoms with Crippen molar-refractivity contribution in [2.45, 2.75) is 12.8 Å². The van der Waals surface area contributed by atoms with Crippen LogP contribution in [0.1, 0.15) is 18.4 Å². The number of carbonyl (C=O) groups excluding carboxylic acids is 1. The van der Waals surface area contributed by atoms with E-state index in [1.165, 1.54) is 0 Å². The van der Waals surface area contributed by atoms with Gasteiger partial charge in [0.25, 0.3) is 0 Å². The molecule has 1 aliphatic heterocycles. The maximum absolute atomic E-state index is 11.0. The van der Waals surface area contributed by atoms with E-state index >= 15 is 0 Å². The summed E-state index contributed by atoms with van der Waals surface area (Å²) in [5.74, 6) is 0. The second-order valence-electron chi connectivity index (χ2n) is 3.74. The topological polar surface area (TPSA) is 26.3 Å². The Labute approximate surface area is 99.9 Å². The number of ether oxygens (including phenoxy) is 1. The van der Waals surface area contributed by atoms with Gasteiger partial charge in [0.1, 0.15) is 6.29 Å². The van der Waals surface area contributed by atoms with Gasteiger partial charge in [0.15, 0.2) is 0 Å². The summed E-state index contributed by atoms with van der Waals surface area (Å²) >= 11 is 5.84. The summed E-state index contributed by atoms with van der Waals surface area (Å²) in [5.41, 5.74) is 3.00. The number of hydrogen-bond donors (Lipinski definition) is 0. The van der Waals surface area contributed by atoms with Crippen LogP contribution in [0.5, 0.6) is 0 Å². The zero-order valence-corrected chi connectivity index (χ0v) is 9.67. The summed E-state index contributed by atoms with van der Waals surface area (Å²) in [4.78, 5) is 11.0. The molecule has 1 aliphatic rings. The van der Waals surface area contributed by atoms with Gasteiger partial charge in [-0.25, -0.2) is 0 Å². The average molecular weight is 237 g/mol. The minimum atomic E-state index is 0.630. The number of rotatable bonds is 2. The fourth-order valence-corrected chi connectivity index (χ4v) is 2.01. The lowest BCUT2D eigenvalue weighted by Crippen LogP contribution is -1.93. The highest BCUT2D eigenvalue weighted by Gasteiger charge is 2.12. The molecule has 0 saturated carbocycles. The summed E-state index contributed by atoms with van der Waals surface area (Å²) in [5, 5.41) is 0.710. The molecule has 0 radical (unpaired) electrons. The van der Waals surface area contributed by atoms with Gasteiger partial charge in [-0.2, -0.15) is 0 Å². The zero-order valence-electron chi connectivity index (χ0n) is 8.91. The van der Waals surface area contributed by atoms with Crippen molar-refractivity contribution < 1.29 is 9.53 Å². The third-order valence-corrected chi connectivity index (χ3v) is 2.99. The highest BCUT2D eigenvalue weighted by atomic mass is 35.5. The highest BCUT2D eigenvalue weighted by Crippen LogP contribution is 2.26. The maximum atomic E-state index is 11.0. The molecular formula is C13H13ClO2. The Morgan fingerprint density at radius 3 is 2.50 bits per heavy atom. The van der Waals surface area contributed by atoms with E-state index in [0.717, 1.165) is 29.4 Å². The summed E-state index contributed by atoms with van der Waals surface area (Å²) in [6.45, 7) is 1.31. The Morgan fingerprint density at radius 2 is 1.81 bits per heavy atom. The molecule has 2 rings (SSSR count). The Hall–Kier alpha value is -1.12. The average Bonchev–Trinajstić information content (AvgIpc) is 2.55. The molecule has 3 heteroatoms. The Bertz CT molecular complexity index is 406. The van der Waals surface area contributed by atoms with Crippen LogP contribution in [-0.4, -0.2) is 19.5 Å². The van der Waals surface area contributed by atoms with E-state index in [1.807, 2.05) is 24.3 Å². The molecule has 0 unspecified atom stereocenters. The second-order valence-corrected chi connectivity index (χ2v) is 4.18. The summed E-state index contributed by atoms with van der Waals surface area (Å²) in [6.07, 6.45) is 2.43. The van der Waals surface area contributed by atoms with Crippen LogP contribution in [0, 0.1) is 0 Å². The van der Waals surface area contributed by atoms with Gasteiger partial charge < -0.3 is 4.74 Å². The normalized spacial score (nSPS) is 17.1. The molecule has 0 fully saturated rings. The Morgan fingerprint density at radius 1 is 1.12 bits per heavy atom. The van der Waals surface area contributed by atoms with Crippen molar-refractivity contribution in [3.05, 3.63) is 40.4 Å². The van der Waals surface area contributed by atoms with Crippen molar-refractivity contribution in [1.29, 1.82) is 0 Å². The molecule has 84 valence electrons. The highest BCUT2D eigenvalue weighted by molar-refractivity contribution is 6.30. The molecule has 2 nitrogen and oxygen atoms in total. The van der Waals surface area contributed by atoms with Crippen molar-refractivity contribution in [1.82, 2.24) is 0 Å². The molecule has 1 heterocycles. The monoisotopic (exact) mass is 236 g/mol. The van der Waals surface area contributed by atoms with Gasteiger partial charge in [0.2, 0.25) is 0 Å². The van der Waals surface area contributed by atoms with Gasteiger partial charge in [0, 0.05) is 5.02 Å². The molecule has 0 aromatic heterocycles. The molecule has 0 aliphatic carbocycles. The van der Waals surface area contributed by atoms with Crippen molar-refractivity contribution in [2.24, 2.45) is 0 Å². The van der Waals surface area contributed by atoms with E-state index in [1.54, 1.807) is 0 Å². The minimum Gasteiger partial charge on any atom is -0.381 e. The summed E-state index contributed by atoms with van der Waals surface area (Å²) in [6, 6.07) is 7.59. The van der Waals surface area contributed by atoms with Crippen LogP contribution < -0.4 is 0 Å². The van der Waals surface area contributed by atoms with Crippen LogP contribution in [0.3, 0.4) is 0 Å². The van der Waals surface area contributed by atoms with E-state index in [9.17, 15) is 4.79 Å². The SMILES string of the molecule is O=CC1=C(c2ccc(Cl)cc2)CCOCC1. The van der Waals surface area contributed by atoms with Crippen LogP contribution >= 0.6 is 11.6 Å². The lowest BCUT2D eigenvalue weighted by Gasteiger charge is -2.07. The van der Waals surface area contributed by atoms with Gasteiger partial charge in [-0.1, -0.05) is 23.7 Å². The van der Waals surface area contributed by atoms with Gasteiger partial charge in [-0.3, -0.25) is 4.79 Å². The van der Waals surface area contributed by atoms with E-state index in [0.29, 0.717) is 24.7 Å². The third kappa shape index (κ3) is 2.52. The number of hydrogen-bond acceptors (Lipinski definition) is 2. The molecule has 0 atom stereocenters. The van der Waals surface area contributed by atoms with Crippen LogP contribution in [0.2, 0.25) is 5.02 Å². The van der Waals surface area contributed by atoms with Gasteiger partial charge in [-0.05, 0) is 41.7 Å². The van der Waals surface area contributed by atoms with Gasteiger partial charge in [0.05, 0.1) is 13.2 Å². The first-order valence-electron chi connectivity index (χ1n) is 5.32. The van der Waals surface area contributed by atoms with E-state index in [-0.39, 0.29) is 0 Å². The Kier molecular flexibility index (Phi) is 3.75. The zero-order chi connectivity index (χ0) is 11.4. The van der Waals surface area contributed by atoms with Crippen molar-refractivity contribution in [3.63, 3.8) is 0 Å². The fourth-order valence-electron chi connectivity index (χ4n) is 1.88. The number of benzene rings is 1. The first kappa shape index (κ1) is 11.4. The molecule has 16 heavy (non-hydrogen) atoms. The molecule has 0 N–H and O–H groups in total. The summed E-state index contributed by atoms with van der Waals surface area (Å²) < 4.78 is 5.38. The fraction of sp³-hybridized carbons (Fsp3) is 0.308. The summed E-state index contributed by atoms with van der Waals surface area (Å²) in [7, 11) is 0. The van der Waals surface area contributed by atoms with Gasteiger partial charge in [-0.15, -0.1) is 0 Å². The van der Waals surface area contributed by atoms with Crippen LogP contribution in [0.25, 0.3) is 5.57 Å². The third-order valence-electron chi connectivity index (χ3n) is 2.73. The van der Waals surface area contributed by atoms with E-state index in [4.69, 9.17) is 16.3 Å². The Balaban J connectivity index is 2.38. The predicted octanol–water partition coefficient (Wildman–Crippen LogP) is 3.10. The molecule has 1 aromatic rings. The van der Waals surface area contributed by atoms with Crippen molar-refractivity contribution in [2.75, 3.05) is 13.2 Å². The van der Waals surface area contributed by atoms with Crippen LogP contribution in [0.4, 0.5) is 0 Å².